The first-order valence-electron chi connectivity index (χ1n) is 6.43. The minimum Gasteiger partial charge on any atom is -0.380 e. The van der Waals surface area contributed by atoms with E-state index in [4.69, 9.17) is 10.5 Å². The van der Waals surface area contributed by atoms with Crippen LogP contribution in [0.2, 0.25) is 0 Å². The third-order valence-corrected chi connectivity index (χ3v) is 4.10. The van der Waals surface area contributed by atoms with Crippen LogP contribution in [0, 0.1) is 11.7 Å². The van der Waals surface area contributed by atoms with Crippen LogP contribution in [0.4, 0.5) is 4.39 Å². The lowest BCUT2D eigenvalue weighted by Gasteiger charge is -2.11. The molecule has 0 atom stereocenters. The summed E-state index contributed by atoms with van der Waals surface area (Å²) in [5.41, 5.74) is 5.39. The molecule has 20 heavy (non-hydrogen) atoms. The van der Waals surface area contributed by atoms with E-state index in [1.807, 2.05) is 13.8 Å². The summed E-state index contributed by atoms with van der Waals surface area (Å²) in [6.07, 6.45) is 0. The predicted molar refractivity (Wildman–Crippen MR) is 75.1 cm³/mol. The third kappa shape index (κ3) is 4.82. The van der Waals surface area contributed by atoms with E-state index >= 15 is 0 Å². The maximum atomic E-state index is 13.5. The summed E-state index contributed by atoms with van der Waals surface area (Å²) in [5, 5.41) is 0. The molecule has 1 aromatic carbocycles. The second-order valence-electron chi connectivity index (χ2n) is 4.79. The second kappa shape index (κ2) is 7.68. The molecule has 3 N–H and O–H groups in total. The molecule has 114 valence electrons. The smallest absolute Gasteiger partial charge is 0.241 e. The first-order chi connectivity index (χ1) is 9.38. The van der Waals surface area contributed by atoms with Crippen LogP contribution in [0.5, 0.6) is 0 Å². The normalized spacial score (nSPS) is 12.1. The summed E-state index contributed by atoms with van der Waals surface area (Å²) >= 11 is 0. The number of ether oxygens (including phenoxy) is 1. The van der Waals surface area contributed by atoms with Crippen LogP contribution in [-0.4, -0.2) is 28.2 Å². The van der Waals surface area contributed by atoms with E-state index in [0.29, 0.717) is 12.5 Å². The molecule has 0 fully saturated rings. The molecule has 5 nitrogen and oxygen atoms in total. The molecule has 0 heterocycles. The molecule has 0 saturated carbocycles. The number of nitrogens with two attached hydrogens (primary N) is 1. The maximum Gasteiger partial charge on any atom is 0.241 e. The monoisotopic (exact) mass is 304 g/mol. The van der Waals surface area contributed by atoms with Gasteiger partial charge in [-0.15, -0.1) is 0 Å². The Labute approximate surface area is 119 Å². The van der Waals surface area contributed by atoms with Crippen LogP contribution in [0.15, 0.2) is 23.1 Å². The van der Waals surface area contributed by atoms with Crippen molar-refractivity contribution in [3.05, 3.63) is 29.6 Å². The van der Waals surface area contributed by atoms with Gasteiger partial charge in [0.05, 0.1) is 11.5 Å². The molecule has 0 aliphatic rings. The molecule has 0 aromatic heterocycles. The Balaban J connectivity index is 2.68. The van der Waals surface area contributed by atoms with Crippen LogP contribution in [0.1, 0.15) is 19.4 Å². The van der Waals surface area contributed by atoms with Gasteiger partial charge in [-0.3, -0.25) is 0 Å². The second-order valence-corrected chi connectivity index (χ2v) is 6.52. The molecule has 0 aliphatic carbocycles. The van der Waals surface area contributed by atoms with Crippen molar-refractivity contribution in [3.8, 4) is 0 Å². The topological polar surface area (TPSA) is 81.4 Å². The highest BCUT2D eigenvalue weighted by molar-refractivity contribution is 7.89. The van der Waals surface area contributed by atoms with Crippen molar-refractivity contribution in [2.24, 2.45) is 11.7 Å². The fourth-order valence-electron chi connectivity index (χ4n) is 1.63. The van der Waals surface area contributed by atoms with Crippen molar-refractivity contribution in [3.63, 3.8) is 0 Å². The Bertz CT molecular complexity index is 532. The van der Waals surface area contributed by atoms with Gasteiger partial charge in [0.25, 0.3) is 0 Å². The number of benzene rings is 1. The van der Waals surface area contributed by atoms with Gasteiger partial charge in [-0.25, -0.2) is 17.5 Å². The third-order valence-electron chi connectivity index (χ3n) is 2.56. The standard InChI is InChI=1S/C13H21FN2O3S/c1-10(2)9-19-7-6-16-20(17,18)13-5-3-4-12(14)11(13)8-15/h3-5,10,16H,6-9,15H2,1-2H3. The van der Waals surface area contributed by atoms with Crippen LogP contribution in [0.3, 0.4) is 0 Å². The van der Waals surface area contributed by atoms with Crippen LogP contribution >= 0.6 is 0 Å². The van der Waals surface area contributed by atoms with Gasteiger partial charge < -0.3 is 10.5 Å². The minimum absolute atomic E-state index is 0.0110. The van der Waals surface area contributed by atoms with E-state index in [-0.39, 0.29) is 30.2 Å². The number of hydrogen-bond acceptors (Lipinski definition) is 4. The minimum atomic E-state index is -3.78. The number of sulfonamides is 1. The molecule has 0 unspecified atom stereocenters. The van der Waals surface area contributed by atoms with E-state index < -0.39 is 15.8 Å². The summed E-state index contributed by atoms with van der Waals surface area (Å²) in [4.78, 5) is -0.121. The first kappa shape index (κ1) is 17.0. The Hall–Kier alpha value is -1.02. The van der Waals surface area contributed by atoms with Crippen molar-refractivity contribution < 1.29 is 17.5 Å². The van der Waals surface area contributed by atoms with Crippen molar-refractivity contribution in [1.82, 2.24) is 4.72 Å². The summed E-state index contributed by atoms with van der Waals surface area (Å²) in [6.45, 7) is 4.80. The van der Waals surface area contributed by atoms with E-state index in [1.165, 1.54) is 18.2 Å². The zero-order valence-electron chi connectivity index (χ0n) is 11.7. The highest BCUT2D eigenvalue weighted by Crippen LogP contribution is 2.18. The van der Waals surface area contributed by atoms with Crippen molar-refractivity contribution in [1.29, 1.82) is 0 Å². The molecule has 7 heteroatoms. The molecule has 0 spiro atoms. The SMILES string of the molecule is CC(C)COCCNS(=O)(=O)c1cccc(F)c1CN. The van der Waals surface area contributed by atoms with E-state index in [0.717, 1.165) is 0 Å². The Kier molecular flexibility index (Phi) is 6.54. The quantitative estimate of drug-likeness (QED) is 0.708. The van der Waals surface area contributed by atoms with E-state index in [2.05, 4.69) is 4.72 Å². The molecule has 0 aliphatic heterocycles. The number of halogens is 1. The summed E-state index contributed by atoms with van der Waals surface area (Å²) < 4.78 is 45.3. The van der Waals surface area contributed by atoms with Crippen LogP contribution < -0.4 is 10.5 Å². The summed E-state index contributed by atoms with van der Waals surface area (Å²) in [5.74, 6) is -0.231. The lowest BCUT2D eigenvalue weighted by molar-refractivity contribution is 0.114. The fraction of sp³-hybridized carbons (Fsp3) is 0.538. The predicted octanol–water partition coefficient (Wildman–Crippen LogP) is 1.24. The average molecular weight is 304 g/mol. The van der Waals surface area contributed by atoms with Crippen molar-refractivity contribution in [2.45, 2.75) is 25.3 Å². The van der Waals surface area contributed by atoms with Gasteiger partial charge in [0.2, 0.25) is 10.0 Å². The van der Waals surface area contributed by atoms with Gasteiger partial charge in [0, 0.05) is 25.3 Å². The fourth-order valence-corrected chi connectivity index (χ4v) is 2.90. The van der Waals surface area contributed by atoms with E-state index in [9.17, 15) is 12.8 Å². The van der Waals surface area contributed by atoms with Crippen LogP contribution in [0.25, 0.3) is 0 Å². The van der Waals surface area contributed by atoms with Crippen molar-refractivity contribution >= 4 is 10.0 Å². The maximum absolute atomic E-state index is 13.5. The molecular weight excluding hydrogens is 283 g/mol. The van der Waals surface area contributed by atoms with Crippen molar-refractivity contribution in [2.75, 3.05) is 19.8 Å². The Morgan fingerprint density at radius 2 is 2.10 bits per heavy atom. The Morgan fingerprint density at radius 3 is 2.70 bits per heavy atom. The summed E-state index contributed by atoms with van der Waals surface area (Å²) in [7, 11) is -3.78. The average Bonchev–Trinajstić information content (AvgIpc) is 2.37. The number of rotatable bonds is 8. The lowest BCUT2D eigenvalue weighted by atomic mass is 10.2. The number of nitrogens with one attached hydrogen (secondary N) is 1. The van der Waals surface area contributed by atoms with Gasteiger partial charge in [0.15, 0.2) is 0 Å². The largest absolute Gasteiger partial charge is 0.380 e. The molecule has 0 bridgehead atoms. The zero-order chi connectivity index (χ0) is 15.2. The van der Waals surface area contributed by atoms with E-state index in [1.54, 1.807) is 0 Å². The number of hydrogen-bond donors (Lipinski definition) is 2. The first-order valence-corrected chi connectivity index (χ1v) is 7.91. The highest BCUT2D eigenvalue weighted by atomic mass is 32.2. The molecule has 0 amide bonds. The lowest BCUT2D eigenvalue weighted by Crippen LogP contribution is -2.29. The van der Waals surface area contributed by atoms with Crippen LogP contribution in [-0.2, 0) is 21.3 Å². The highest BCUT2D eigenvalue weighted by Gasteiger charge is 2.19. The van der Waals surface area contributed by atoms with Gasteiger partial charge in [-0.05, 0) is 18.1 Å². The molecular formula is C13H21FN2O3S. The molecule has 0 saturated heterocycles. The summed E-state index contributed by atoms with van der Waals surface area (Å²) in [6, 6.07) is 3.87. The van der Waals surface area contributed by atoms with Gasteiger partial charge in [-0.1, -0.05) is 19.9 Å². The molecule has 1 rings (SSSR count). The molecule has 1 aromatic rings. The van der Waals surface area contributed by atoms with Gasteiger partial charge in [0.1, 0.15) is 5.82 Å². The molecule has 0 radical (unpaired) electrons. The zero-order valence-corrected chi connectivity index (χ0v) is 12.5. The van der Waals surface area contributed by atoms with Gasteiger partial charge >= 0.3 is 0 Å². The van der Waals surface area contributed by atoms with Gasteiger partial charge in [-0.2, -0.15) is 0 Å². The Morgan fingerprint density at radius 1 is 1.40 bits per heavy atom.